The summed E-state index contributed by atoms with van der Waals surface area (Å²) in [5.74, 6) is -0.269. The van der Waals surface area contributed by atoms with Gasteiger partial charge in [0.05, 0.1) is 22.8 Å². The molecule has 3 N–H and O–H groups in total. The zero-order chi connectivity index (χ0) is 14.5. The van der Waals surface area contributed by atoms with E-state index in [0.29, 0.717) is 23.9 Å². The van der Waals surface area contributed by atoms with E-state index >= 15 is 0 Å². The minimum Gasteiger partial charge on any atom is -0.370 e. The summed E-state index contributed by atoms with van der Waals surface area (Å²) in [6.45, 7) is 2.60. The highest BCUT2D eigenvalue weighted by Crippen LogP contribution is 2.32. The lowest BCUT2D eigenvalue weighted by Crippen LogP contribution is -2.21. The van der Waals surface area contributed by atoms with Crippen molar-refractivity contribution in [3.63, 3.8) is 0 Å². The Balaban J connectivity index is 2.27. The van der Waals surface area contributed by atoms with Gasteiger partial charge in [0.2, 0.25) is 5.91 Å². The van der Waals surface area contributed by atoms with Crippen molar-refractivity contribution in [1.29, 1.82) is 0 Å². The van der Waals surface area contributed by atoms with Crippen molar-refractivity contribution in [2.75, 3.05) is 25.1 Å². The molecule has 0 spiro atoms. The number of amides is 1. The van der Waals surface area contributed by atoms with Crippen LogP contribution in [0, 0.1) is 6.92 Å². The summed E-state index contributed by atoms with van der Waals surface area (Å²) in [4.78, 5) is 16.1. The van der Waals surface area contributed by atoms with Crippen molar-refractivity contribution in [1.82, 2.24) is 4.98 Å². The Labute approximate surface area is 122 Å². The lowest BCUT2D eigenvalue weighted by Gasteiger charge is -2.12. The molecule has 1 aromatic heterocycles. The number of ether oxygens (including phenoxy) is 1. The van der Waals surface area contributed by atoms with Gasteiger partial charge in [-0.15, -0.1) is 0 Å². The van der Waals surface area contributed by atoms with Crippen LogP contribution < -0.4 is 11.1 Å². The Morgan fingerprint density at radius 3 is 3.10 bits per heavy atom. The Morgan fingerprint density at radius 1 is 1.55 bits per heavy atom. The molecular weight excluding hydrogens is 278 g/mol. The topological polar surface area (TPSA) is 77.2 Å². The van der Waals surface area contributed by atoms with Crippen LogP contribution in [0.1, 0.15) is 5.56 Å². The number of fused-ring (bicyclic) bond motifs is 1. The zero-order valence-electron chi connectivity index (χ0n) is 11.1. The van der Waals surface area contributed by atoms with E-state index in [0.717, 1.165) is 16.5 Å². The number of carbonyl (C=O) groups excluding carboxylic acids is 1. The average Bonchev–Trinajstić information content (AvgIpc) is 2.44. The van der Waals surface area contributed by atoms with Crippen molar-refractivity contribution in [3.05, 3.63) is 35.0 Å². The van der Waals surface area contributed by atoms with Gasteiger partial charge in [-0.1, -0.05) is 11.6 Å². The van der Waals surface area contributed by atoms with E-state index in [1.54, 1.807) is 18.3 Å². The number of carbonyl (C=O) groups is 1. The van der Waals surface area contributed by atoms with Gasteiger partial charge in [0.25, 0.3) is 0 Å². The van der Waals surface area contributed by atoms with Gasteiger partial charge in [-0.2, -0.15) is 0 Å². The Hall–Kier alpha value is -1.69. The number of anilines is 1. The maximum Gasteiger partial charge on any atom is 0.250 e. The maximum absolute atomic E-state index is 11.8. The molecule has 2 rings (SSSR count). The second-order valence-electron chi connectivity index (χ2n) is 4.34. The molecule has 1 amide bonds. The molecule has 5 nitrogen and oxygen atoms in total. The first kappa shape index (κ1) is 14.7. The summed E-state index contributed by atoms with van der Waals surface area (Å²) in [7, 11) is 0. The number of aryl methyl sites for hydroxylation is 1. The SMILES string of the molecule is Cc1cc(Cl)c(NC(=O)COCCN)c2cccnc12. The molecule has 6 heteroatoms. The standard InChI is InChI=1S/C14H16ClN3O2/c1-9-7-11(15)14(10-3-2-5-17-13(9)10)18-12(19)8-20-6-4-16/h2-3,5,7H,4,6,8,16H2,1H3,(H,18,19). The summed E-state index contributed by atoms with van der Waals surface area (Å²) in [6.07, 6.45) is 1.71. The molecule has 0 saturated heterocycles. The fourth-order valence-electron chi connectivity index (χ4n) is 1.93. The molecule has 0 aliphatic rings. The van der Waals surface area contributed by atoms with Crippen molar-refractivity contribution in [3.8, 4) is 0 Å². The molecule has 0 aliphatic carbocycles. The van der Waals surface area contributed by atoms with E-state index in [4.69, 9.17) is 22.1 Å². The lowest BCUT2D eigenvalue weighted by atomic mass is 10.1. The van der Waals surface area contributed by atoms with Crippen LogP contribution in [0.2, 0.25) is 5.02 Å². The first-order chi connectivity index (χ1) is 9.63. The third kappa shape index (κ3) is 3.25. The number of halogens is 1. The van der Waals surface area contributed by atoms with E-state index in [-0.39, 0.29) is 12.5 Å². The molecule has 2 aromatic rings. The number of hydrogen-bond donors (Lipinski definition) is 2. The van der Waals surface area contributed by atoms with E-state index in [1.807, 2.05) is 13.0 Å². The van der Waals surface area contributed by atoms with Crippen LogP contribution in [0.15, 0.2) is 24.4 Å². The molecule has 1 aromatic carbocycles. The normalized spacial score (nSPS) is 10.8. The number of benzene rings is 1. The van der Waals surface area contributed by atoms with Gasteiger partial charge in [0.1, 0.15) is 6.61 Å². The molecule has 0 saturated carbocycles. The van der Waals surface area contributed by atoms with E-state index in [1.165, 1.54) is 0 Å². The first-order valence-electron chi connectivity index (χ1n) is 6.25. The highest BCUT2D eigenvalue weighted by molar-refractivity contribution is 6.35. The second-order valence-corrected chi connectivity index (χ2v) is 4.75. The van der Waals surface area contributed by atoms with Gasteiger partial charge in [0.15, 0.2) is 0 Å². The molecule has 0 atom stereocenters. The fourth-order valence-corrected chi connectivity index (χ4v) is 2.24. The predicted molar refractivity (Wildman–Crippen MR) is 80.0 cm³/mol. The van der Waals surface area contributed by atoms with Crippen molar-refractivity contribution in [2.24, 2.45) is 5.73 Å². The molecule has 106 valence electrons. The molecule has 0 aliphatic heterocycles. The van der Waals surface area contributed by atoms with Crippen LogP contribution >= 0.6 is 11.6 Å². The first-order valence-corrected chi connectivity index (χ1v) is 6.62. The van der Waals surface area contributed by atoms with Gasteiger partial charge in [-0.05, 0) is 30.7 Å². The van der Waals surface area contributed by atoms with Crippen molar-refractivity contribution >= 4 is 34.1 Å². The summed E-state index contributed by atoms with van der Waals surface area (Å²) < 4.78 is 5.10. The van der Waals surface area contributed by atoms with Gasteiger partial charge < -0.3 is 15.8 Å². The van der Waals surface area contributed by atoms with E-state index < -0.39 is 0 Å². The van der Waals surface area contributed by atoms with Crippen LogP contribution in [0.4, 0.5) is 5.69 Å². The zero-order valence-corrected chi connectivity index (χ0v) is 11.9. The van der Waals surface area contributed by atoms with Gasteiger partial charge >= 0.3 is 0 Å². The Kier molecular flexibility index (Phi) is 4.89. The summed E-state index contributed by atoms with van der Waals surface area (Å²) in [5, 5.41) is 4.05. The molecule has 20 heavy (non-hydrogen) atoms. The third-order valence-electron chi connectivity index (χ3n) is 2.79. The molecular formula is C14H16ClN3O2. The third-order valence-corrected chi connectivity index (χ3v) is 3.09. The van der Waals surface area contributed by atoms with Crippen LogP contribution in [0.5, 0.6) is 0 Å². The van der Waals surface area contributed by atoms with Crippen LogP contribution in [-0.4, -0.2) is 30.6 Å². The number of rotatable bonds is 5. The van der Waals surface area contributed by atoms with Gasteiger partial charge in [-0.3, -0.25) is 9.78 Å². The van der Waals surface area contributed by atoms with Crippen molar-refractivity contribution < 1.29 is 9.53 Å². The average molecular weight is 294 g/mol. The molecule has 1 heterocycles. The quantitative estimate of drug-likeness (QED) is 0.828. The minimum absolute atomic E-state index is 0.0524. The van der Waals surface area contributed by atoms with E-state index in [9.17, 15) is 4.79 Å². The van der Waals surface area contributed by atoms with E-state index in [2.05, 4.69) is 10.3 Å². The monoisotopic (exact) mass is 293 g/mol. The molecule has 0 unspecified atom stereocenters. The summed E-state index contributed by atoms with van der Waals surface area (Å²) in [6, 6.07) is 5.46. The fraction of sp³-hybridized carbons (Fsp3) is 0.286. The highest BCUT2D eigenvalue weighted by Gasteiger charge is 2.12. The van der Waals surface area contributed by atoms with Gasteiger partial charge in [-0.25, -0.2) is 0 Å². The second kappa shape index (κ2) is 6.65. The largest absolute Gasteiger partial charge is 0.370 e. The minimum atomic E-state index is -0.269. The summed E-state index contributed by atoms with van der Waals surface area (Å²) in [5.41, 5.74) is 7.63. The van der Waals surface area contributed by atoms with Crippen LogP contribution in [0.3, 0.4) is 0 Å². The predicted octanol–water partition coefficient (Wildman–Crippen LogP) is 2.11. The van der Waals surface area contributed by atoms with Crippen molar-refractivity contribution in [2.45, 2.75) is 6.92 Å². The Bertz CT molecular complexity index is 631. The highest BCUT2D eigenvalue weighted by atomic mass is 35.5. The Morgan fingerprint density at radius 2 is 2.35 bits per heavy atom. The number of nitrogens with zero attached hydrogens (tertiary/aromatic N) is 1. The molecule has 0 bridgehead atoms. The lowest BCUT2D eigenvalue weighted by molar-refractivity contribution is -0.120. The number of pyridine rings is 1. The molecule has 0 radical (unpaired) electrons. The number of hydrogen-bond acceptors (Lipinski definition) is 4. The number of aromatic nitrogens is 1. The smallest absolute Gasteiger partial charge is 0.250 e. The summed E-state index contributed by atoms with van der Waals surface area (Å²) >= 11 is 6.21. The van der Waals surface area contributed by atoms with Gasteiger partial charge in [0, 0.05) is 18.1 Å². The maximum atomic E-state index is 11.8. The van der Waals surface area contributed by atoms with Crippen LogP contribution in [0.25, 0.3) is 10.9 Å². The number of nitrogens with one attached hydrogen (secondary N) is 1. The van der Waals surface area contributed by atoms with Crippen LogP contribution in [-0.2, 0) is 9.53 Å². The molecule has 0 fully saturated rings. The number of nitrogens with two attached hydrogens (primary N) is 1.